The van der Waals surface area contributed by atoms with Crippen LogP contribution in [0.2, 0.25) is 0 Å². The fraction of sp³-hybridized carbons (Fsp3) is 0.600. The maximum atomic E-state index is 13.8. The Morgan fingerprint density at radius 2 is 1.94 bits per heavy atom. The predicted molar refractivity (Wildman–Crippen MR) is 71.5 cm³/mol. The summed E-state index contributed by atoms with van der Waals surface area (Å²) in [7, 11) is 0. The van der Waals surface area contributed by atoms with Crippen LogP contribution in [0.1, 0.15) is 51.6 Å². The molecule has 102 valence electrons. The van der Waals surface area contributed by atoms with Gasteiger partial charge in [-0.25, -0.2) is 8.78 Å². The van der Waals surface area contributed by atoms with E-state index in [1.54, 1.807) is 6.07 Å². The molecule has 2 unspecified atom stereocenters. The number of hydrogen-bond acceptors (Lipinski definition) is 1. The first kappa shape index (κ1) is 15.1. The van der Waals surface area contributed by atoms with Gasteiger partial charge in [-0.05, 0) is 24.9 Å². The molecule has 0 aliphatic heterocycles. The maximum Gasteiger partial charge on any atom is 0.130 e. The van der Waals surface area contributed by atoms with Crippen molar-refractivity contribution in [2.45, 2.75) is 46.1 Å². The molecule has 0 radical (unpaired) electrons. The average molecular weight is 255 g/mol. The van der Waals surface area contributed by atoms with Gasteiger partial charge < -0.3 is 5.32 Å². The zero-order chi connectivity index (χ0) is 13.5. The Morgan fingerprint density at radius 1 is 1.22 bits per heavy atom. The first-order valence-electron chi connectivity index (χ1n) is 6.76. The highest BCUT2D eigenvalue weighted by molar-refractivity contribution is 5.22. The minimum atomic E-state index is -0.520. The summed E-state index contributed by atoms with van der Waals surface area (Å²) in [4.78, 5) is 0. The van der Waals surface area contributed by atoms with Crippen molar-refractivity contribution in [1.29, 1.82) is 0 Å². The van der Waals surface area contributed by atoms with Crippen LogP contribution in [0.15, 0.2) is 18.2 Å². The van der Waals surface area contributed by atoms with Crippen molar-refractivity contribution in [2.75, 3.05) is 6.54 Å². The zero-order valence-corrected chi connectivity index (χ0v) is 11.5. The summed E-state index contributed by atoms with van der Waals surface area (Å²) in [6.45, 7) is 7.10. The third-order valence-corrected chi connectivity index (χ3v) is 3.21. The van der Waals surface area contributed by atoms with Gasteiger partial charge in [0.25, 0.3) is 0 Å². The van der Waals surface area contributed by atoms with Gasteiger partial charge in [-0.3, -0.25) is 0 Å². The molecule has 0 saturated heterocycles. The monoisotopic (exact) mass is 255 g/mol. The van der Waals surface area contributed by atoms with Gasteiger partial charge in [0.2, 0.25) is 0 Å². The average Bonchev–Trinajstić information content (AvgIpc) is 2.29. The Bertz CT molecular complexity index is 366. The second-order valence-electron chi connectivity index (χ2n) is 4.91. The van der Waals surface area contributed by atoms with E-state index >= 15 is 0 Å². The summed E-state index contributed by atoms with van der Waals surface area (Å²) < 4.78 is 26.7. The fourth-order valence-corrected chi connectivity index (χ4v) is 2.36. The van der Waals surface area contributed by atoms with Crippen LogP contribution in [0.3, 0.4) is 0 Å². The van der Waals surface area contributed by atoms with Gasteiger partial charge in [-0.2, -0.15) is 0 Å². The van der Waals surface area contributed by atoms with E-state index in [0.29, 0.717) is 11.5 Å². The number of hydrogen-bond donors (Lipinski definition) is 1. The molecule has 0 heterocycles. The summed E-state index contributed by atoms with van der Waals surface area (Å²) in [6.07, 6.45) is 3.14. The van der Waals surface area contributed by atoms with Crippen LogP contribution in [0.4, 0.5) is 8.78 Å². The molecule has 18 heavy (non-hydrogen) atoms. The van der Waals surface area contributed by atoms with Gasteiger partial charge in [0.05, 0.1) is 0 Å². The van der Waals surface area contributed by atoms with E-state index in [2.05, 4.69) is 19.2 Å². The molecule has 2 atom stereocenters. The van der Waals surface area contributed by atoms with E-state index in [4.69, 9.17) is 0 Å². The normalized spacial score (nSPS) is 14.5. The van der Waals surface area contributed by atoms with Crippen LogP contribution in [-0.4, -0.2) is 6.54 Å². The lowest BCUT2D eigenvalue weighted by Crippen LogP contribution is -2.24. The minimum absolute atomic E-state index is 0.0304. The Labute approximate surface area is 109 Å². The molecule has 1 rings (SSSR count). The molecule has 0 saturated carbocycles. The second kappa shape index (κ2) is 7.47. The molecule has 1 aromatic carbocycles. The SMILES string of the molecule is CCCC(C)CC(NCC)c1ccc(F)cc1F. The Morgan fingerprint density at radius 3 is 2.50 bits per heavy atom. The first-order chi connectivity index (χ1) is 8.58. The van der Waals surface area contributed by atoms with E-state index in [1.807, 2.05) is 6.92 Å². The molecular formula is C15H23F2N. The van der Waals surface area contributed by atoms with Crippen molar-refractivity contribution in [2.24, 2.45) is 5.92 Å². The molecule has 0 amide bonds. The van der Waals surface area contributed by atoms with Crippen LogP contribution in [0.25, 0.3) is 0 Å². The number of halogens is 2. The minimum Gasteiger partial charge on any atom is -0.310 e. The van der Waals surface area contributed by atoms with Crippen molar-refractivity contribution >= 4 is 0 Å². The third-order valence-electron chi connectivity index (χ3n) is 3.21. The van der Waals surface area contributed by atoms with Gasteiger partial charge in [0.15, 0.2) is 0 Å². The molecule has 3 heteroatoms. The summed E-state index contributed by atoms with van der Waals surface area (Å²) in [5.74, 6) is -0.443. The fourth-order valence-electron chi connectivity index (χ4n) is 2.36. The number of rotatable bonds is 7. The highest BCUT2D eigenvalue weighted by Gasteiger charge is 2.17. The van der Waals surface area contributed by atoms with Gasteiger partial charge in [0, 0.05) is 17.7 Å². The van der Waals surface area contributed by atoms with E-state index in [0.717, 1.165) is 31.9 Å². The maximum absolute atomic E-state index is 13.8. The Kier molecular flexibility index (Phi) is 6.27. The molecule has 0 spiro atoms. The van der Waals surface area contributed by atoms with Gasteiger partial charge >= 0.3 is 0 Å². The van der Waals surface area contributed by atoms with Crippen molar-refractivity contribution in [3.05, 3.63) is 35.4 Å². The van der Waals surface area contributed by atoms with Crippen LogP contribution in [0, 0.1) is 17.6 Å². The quantitative estimate of drug-likeness (QED) is 0.759. The van der Waals surface area contributed by atoms with Crippen molar-refractivity contribution in [3.63, 3.8) is 0 Å². The molecule has 1 aromatic rings. The van der Waals surface area contributed by atoms with E-state index < -0.39 is 11.6 Å². The van der Waals surface area contributed by atoms with Crippen molar-refractivity contribution in [1.82, 2.24) is 5.32 Å². The molecule has 0 bridgehead atoms. The topological polar surface area (TPSA) is 12.0 Å². The molecule has 0 aliphatic carbocycles. The van der Waals surface area contributed by atoms with Gasteiger partial charge in [-0.15, -0.1) is 0 Å². The number of nitrogens with one attached hydrogen (secondary N) is 1. The van der Waals surface area contributed by atoms with Gasteiger partial charge in [-0.1, -0.05) is 39.7 Å². The van der Waals surface area contributed by atoms with E-state index in [9.17, 15) is 8.78 Å². The Balaban J connectivity index is 2.82. The molecule has 0 aliphatic rings. The summed E-state index contributed by atoms with van der Waals surface area (Å²) >= 11 is 0. The zero-order valence-electron chi connectivity index (χ0n) is 11.5. The highest BCUT2D eigenvalue weighted by atomic mass is 19.1. The van der Waals surface area contributed by atoms with Crippen molar-refractivity contribution < 1.29 is 8.78 Å². The molecule has 0 aromatic heterocycles. The lowest BCUT2D eigenvalue weighted by atomic mass is 9.92. The largest absolute Gasteiger partial charge is 0.310 e. The lowest BCUT2D eigenvalue weighted by Gasteiger charge is -2.22. The molecule has 1 nitrogen and oxygen atoms in total. The summed E-state index contributed by atoms with van der Waals surface area (Å²) in [5.41, 5.74) is 0.571. The molecule has 1 N–H and O–H groups in total. The third kappa shape index (κ3) is 4.37. The van der Waals surface area contributed by atoms with Crippen LogP contribution >= 0.6 is 0 Å². The lowest BCUT2D eigenvalue weighted by molar-refractivity contribution is 0.385. The standard InChI is InChI=1S/C15H23F2N/c1-4-6-11(3)9-15(18-5-2)13-8-7-12(16)10-14(13)17/h7-8,10-11,15,18H,4-6,9H2,1-3H3. The summed E-state index contributed by atoms with van der Waals surface area (Å²) in [6, 6.07) is 3.81. The molecular weight excluding hydrogens is 232 g/mol. The van der Waals surface area contributed by atoms with Crippen molar-refractivity contribution in [3.8, 4) is 0 Å². The molecule has 0 fully saturated rings. The van der Waals surface area contributed by atoms with E-state index in [1.165, 1.54) is 6.07 Å². The van der Waals surface area contributed by atoms with Gasteiger partial charge in [0.1, 0.15) is 11.6 Å². The van der Waals surface area contributed by atoms with Crippen LogP contribution in [0.5, 0.6) is 0 Å². The first-order valence-corrected chi connectivity index (χ1v) is 6.76. The van der Waals surface area contributed by atoms with Crippen LogP contribution in [-0.2, 0) is 0 Å². The summed E-state index contributed by atoms with van der Waals surface area (Å²) in [5, 5.41) is 3.29. The smallest absolute Gasteiger partial charge is 0.130 e. The predicted octanol–water partition coefficient (Wildman–Crippen LogP) is 4.44. The van der Waals surface area contributed by atoms with Crippen LogP contribution < -0.4 is 5.32 Å². The highest BCUT2D eigenvalue weighted by Crippen LogP contribution is 2.26. The second-order valence-corrected chi connectivity index (χ2v) is 4.91. The Hall–Kier alpha value is -0.960. The number of benzene rings is 1. The van der Waals surface area contributed by atoms with E-state index in [-0.39, 0.29) is 6.04 Å².